The van der Waals surface area contributed by atoms with Crippen LogP contribution in [0, 0.1) is 5.92 Å². The first kappa shape index (κ1) is 19.2. The SMILES string of the molecule is O=S(=O)(c1ccc2c(c1)nc(SCc1ccccc1)n2CC1CC1)N1CCCC1. The smallest absolute Gasteiger partial charge is 0.243 e. The van der Waals surface area contributed by atoms with Crippen LogP contribution in [0.1, 0.15) is 31.2 Å². The maximum Gasteiger partial charge on any atom is 0.243 e. The van der Waals surface area contributed by atoms with Crippen molar-refractivity contribution in [3.05, 3.63) is 54.1 Å². The predicted octanol–water partition coefficient (Wildman–Crippen LogP) is 4.52. The number of benzene rings is 2. The first-order chi connectivity index (χ1) is 14.1. The van der Waals surface area contributed by atoms with Gasteiger partial charge in [0.15, 0.2) is 5.16 Å². The van der Waals surface area contributed by atoms with Gasteiger partial charge in [0.25, 0.3) is 0 Å². The van der Waals surface area contributed by atoms with E-state index in [4.69, 9.17) is 4.98 Å². The average Bonchev–Trinajstić information content (AvgIpc) is 3.25. The number of aromatic nitrogens is 2. The summed E-state index contributed by atoms with van der Waals surface area (Å²) in [5.74, 6) is 1.57. The first-order valence-electron chi connectivity index (χ1n) is 10.3. The van der Waals surface area contributed by atoms with Crippen molar-refractivity contribution in [3.63, 3.8) is 0 Å². The first-order valence-corrected chi connectivity index (χ1v) is 12.7. The Kier molecular flexibility index (Phi) is 5.14. The van der Waals surface area contributed by atoms with E-state index < -0.39 is 10.0 Å². The van der Waals surface area contributed by atoms with Gasteiger partial charge in [-0.25, -0.2) is 13.4 Å². The molecule has 1 aliphatic carbocycles. The highest BCUT2D eigenvalue weighted by Crippen LogP contribution is 2.35. The Morgan fingerprint density at radius 1 is 1.03 bits per heavy atom. The zero-order valence-corrected chi connectivity index (χ0v) is 18.0. The number of hydrogen-bond acceptors (Lipinski definition) is 4. The molecule has 0 spiro atoms. The van der Waals surface area contributed by atoms with Gasteiger partial charge in [-0.05, 0) is 55.4 Å². The van der Waals surface area contributed by atoms with Crippen LogP contribution >= 0.6 is 11.8 Å². The molecule has 152 valence electrons. The molecule has 0 unspecified atom stereocenters. The fraction of sp³-hybridized carbons (Fsp3) is 0.409. The van der Waals surface area contributed by atoms with E-state index in [1.54, 1.807) is 28.2 Å². The minimum atomic E-state index is -3.42. The summed E-state index contributed by atoms with van der Waals surface area (Å²) in [6.45, 7) is 2.20. The molecule has 0 amide bonds. The van der Waals surface area contributed by atoms with Crippen molar-refractivity contribution in [1.29, 1.82) is 0 Å². The summed E-state index contributed by atoms with van der Waals surface area (Å²) < 4.78 is 29.8. The average molecular weight is 428 g/mol. The van der Waals surface area contributed by atoms with Crippen LogP contribution in [0.5, 0.6) is 0 Å². The fourth-order valence-corrected chi connectivity index (χ4v) is 6.41. The van der Waals surface area contributed by atoms with Crippen LogP contribution in [-0.2, 0) is 22.3 Å². The number of imidazole rings is 1. The summed E-state index contributed by atoms with van der Waals surface area (Å²) in [7, 11) is -3.42. The Hall–Kier alpha value is -1.83. The second kappa shape index (κ2) is 7.78. The Labute approximate surface area is 176 Å². The summed E-state index contributed by atoms with van der Waals surface area (Å²) in [6.07, 6.45) is 4.42. The molecule has 2 aliphatic rings. The van der Waals surface area contributed by atoms with Crippen molar-refractivity contribution in [2.24, 2.45) is 5.92 Å². The number of rotatable bonds is 7. The van der Waals surface area contributed by atoms with Crippen LogP contribution in [0.25, 0.3) is 11.0 Å². The van der Waals surface area contributed by atoms with Crippen molar-refractivity contribution >= 4 is 32.8 Å². The summed E-state index contributed by atoms with van der Waals surface area (Å²) >= 11 is 1.73. The highest BCUT2D eigenvalue weighted by Gasteiger charge is 2.29. The lowest BCUT2D eigenvalue weighted by molar-refractivity contribution is 0.477. The number of nitrogens with zero attached hydrogens (tertiary/aromatic N) is 3. The lowest BCUT2D eigenvalue weighted by Crippen LogP contribution is -2.27. The lowest BCUT2D eigenvalue weighted by atomic mass is 10.2. The van der Waals surface area contributed by atoms with E-state index in [1.807, 2.05) is 12.1 Å². The summed E-state index contributed by atoms with van der Waals surface area (Å²) in [5.41, 5.74) is 3.08. The Morgan fingerprint density at radius 2 is 1.79 bits per heavy atom. The van der Waals surface area contributed by atoms with Crippen molar-refractivity contribution in [2.45, 2.75) is 48.0 Å². The maximum absolute atomic E-state index is 13.0. The quantitative estimate of drug-likeness (QED) is 0.520. The highest BCUT2D eigenvalue weighted by atomic mass is 32.2. The zero-order chi connectivity index (χ0) is 19.8. The van der Waals surface area contributed by atoms with E-state index in [-0.39, 0.29) is 0 Å². The second-order valence-corrected chi connectivity index (χ2v) is 10.9. The monoisotopic (exact) mass is 427 g/mol. The molecule has 5 nitrogen and oxygen atoms in total. The third kappa shape index (κ3) is 3.96. The molecular formula is C22H25N3O2S2. The Morgan fingerprint density at radius 3 is 2.52 bits per heavy atom. The van der Waals surface area contributed by atoms with Crippen LogP contribution in [0.3, 0.4) is 0 Å². The van der Waals surface area contributed by atoms with Gasteiger partial charge < -0.3 is 4.57 Å². The van der Waals surface area contributed by atoms with Gasteiger partial charge in [-0.15, -0.1) is 0 Å². The minimum absolute atomic E-state index is 0.364. The van der Waals surface area contributed by atoms with E-state index in [1.165, 1.54) is 18.4 Å². The third-order valence-electron chi connectivity index (χ3n) is 5.74. The van der Waals surface area contributed by atoms with E-state index in [0.717, 1.165) is 47.2 Å². The van der Waals surface area contributed by atoms with E-state index >= 15 is 0 Å². The molecule has 2 heterocycles. The molecule has 0 bridgehead atoms. The normalized spacial score (nSPS) is 17.9. The molecule has 1 aliphatic heterocycles. The topological polar surface area (TPSA) is 55.2 Å². The van der Waals surface area contributed by atoms with Gasteiger partial charge in [0, 0.05) is 25.4 Å². The molecule has 2 aromatic carbocycles. The molecule has 29 heavy (non-hydrogen) atoms. The van der Waals surface area contributed by atoms with Gasteiger partial charge in [-0.1, -0.05) is 42.1 Å². The van der Waals surface area contributed by atoms with E-state index in [9.17, 15) is 8.42 Å². The van der Waals surface area contributed by atoms with Crippen molar-refractivity contribution < 1.29 is 8.42 Å². The van der Waals surface area contributed by atoms with Gasteiger partial charge >= 0.3 is 0 Å². The summed E-state index contributed by atoms with van der Waals surface area (Å²) in [4.78, 5) is 5.22. The highest BCUT2D eigenvalue weighted by molar-refractivity contribution is 7.98. The van der Waals surface area contributed by atoms with Crippen LogP contribution in [0.15, 0.2) is 58.6 Å². The van der Waals surface area contributed by atoms with Gasteiger partial charge in [0.2, 0.25) is 10.0 Å². The molecular weight excluding hydrogens is 402 g/mol. The molecule has 0 N–H and O–H groups in total. The molecule has 0 radical (unpaired) electrons. The second-order valence-electron chi connectivity index (χ2n) is 7.98. The van der Waals surface area contributed by atoms with Crippen molar-refractivity contribution in [2.75, 3.05) is 13.1 Å². The van der Waals surface area contributed by atoms with E-state index in [2.05, 4.69) is 28.8 Å². The Bertz CT molecular complexity index is 1120. The molecule has 1 saturated heterocycles. The lowest BCUT2D eigenvalue weighted by Gasteiger charge is -2.15. The number of fused-ring (bicyclic) bond motifs is 1. The third-order valence-corrected chi connectivity index (χ3v) is 8.68. The van der Waals surface area contributed by atoms with Crippen LogP contribution in [0.2, 0.25) is 0 Å². The maximum atomic E-state index is 13.0. The number of hydrogen-bond donors (Lipinski definition) is 0. The molecule has 1 aromatic heterocycles. The molecule has 1 saturated carbocycles. The Balaban J connectivity index is 1.48. The van der Waals surface area contributed by atoms with Crippen LogP contribution < -0.4 is 0 Å². The zero-order valence-electron chi connectivity index (χ0n) is 16.3. The van der Waals surface area contributed by atoms with Crippen molar-refractivity contribution in [3.8, 4) is 0 Å². The molecule has 5 rings (SSSR count). The largest absolute Gasteiger partial charge is 0.319 e. The van der Waals surface area contributed by atoms with Gasteiger partial charge in [-0.3, -0.25) is 0 Å². The molecule has 3 aromatic rings. The standard InChI is InChI=1S/C22H25N3O2S2/c26-29(27,24-12-4-5-13-24)19-10-11-21-20(14-19)23-22(25(21)15-17-8-9-17)28-16-18-6-2-1-3-7-18/h1-3,6-7,10-11,14,17H,4-5,8-9,12-13,15-16H2. The molecule has 0 atom stereocenters. The van der Waals surface area contributed by atoms with Gasteiger partial charge in [0.1, 0.15) is 0 Å². The predicted molar refractivity (Wildman–Crippen MR) is 116 cm³/mol. The molecule has 2 fully saturated rings. The molecule has 7 heteroatoms. The van der Waals surface area contributed by atoms with E-state index in [0.29, 0.717) is 18.0 Å². The number of thioether (sulfide) groups is 1. The van der Waals surface area contributed by atoms with Gasteiger partial charge in [-0.2, -0.15) is 4.31 Å². The summed E-state index contributed by atoms with van der Waals surface area (Å²) in [5, 5.41) is 0.978. The van der Waals surface area contributed by atoms with Gasteiger partial charge in [0.05, 0.1) is 15.9 Å². The van der Waals surface area contributed by atoms with Crippen LogP contribution in [0.4, 0.5) is 0 Å². The number of sulfonamides is 1. The fourth-order valence-electron chi connectivity index (χ4n) is 3.89. The van der Waals surface area contributed by atoms with Crippen LogP contribution in [-0.4, -0.2) is 35.4 Å². The summed E-state index contributed by atoms with van der Waals surface area (Å²) in [6, 6.07) is 15.9. The minimum Gasteiger partial charge on any atom is -0.319 e. The van der Waals surface area contributed by atoms with Crippen molar-refractivity contribution in [1.82, 2.24) is 13.9 Å².